The highest BCUT2D eigenvalue weighted by Crippen LogP contribution is 2.36. The summed E-state index contributed by atoms with van der Waals surface area (Å²) in [6, 6.07) is 4.29. The molecule has 3 heteroatoms. The van der Waals surface area contributed by atoms with Crippen LogP contribution in [0.1, 0.15) is 43.0 Å². The van der Waals surface area contributed by atoms with E-state index in [1.165, 1.54) is 5.56 Å². The quantitative estimate of drug-likeness (QED) is 0.841. The highest BCUT2D eigenvalue weighted by Gasteiger charge is 2.33. The maximum atomic E-state index is 12.0. The molecule has 1 aliphatic heterocycles. The molecule has 92 valence electrons. The molecule has 0 bridgehead atoms. The molecule has 1 aromatic carbocycles. The molecule has 3 nitrogen and oxygen atoms in total. The number of aryl methyl sites for hydroxylation is 2. The normalized spacial score (nSPS) is 20.0. The zero-order chi connectivity index (χ0) is 12.6. The van der Waals surface area contributed by atoms with Gasteiger partial charge in [0.25, 0.3) is 0 Å². The molecule has 2 N–H and O–H groups in total. The molecule has 1 heterocycles. The van der Waals surface area contributed by atoms with Crippen LogP contribution in [-0.2, 0) is 4.79 Å². The molecule has 1 amide bonds. The third-order valence-electron chi connectivity index (χ3n) is 3.53. The van der Waals surface area contributed by atoms with Gasteiger partial charge in [0, 0.05) is 17.3 Å². The Labute approximate surface area is 103 Å². The Morgan fingerprint density at radius 2 is 2.00 bits per heavy atom. The molecular weight excluding hydrogens is 212 g/mol. The number of anilines is 1. The van der Waals surface area contributed by atoms with Gasteiger partial charge in [-0.2, -0.15) is 0 Å². The van der Waals surface area contributed by atoms with Crippen molar-refractivity contribution in [2.75, 3.05) is 5.32 Å². The number of nitrogens with one attached hydrogen (secondary N) is 2. The van der Waals surface area contributed by atoms with Crippen LogP contribution in [0.15, 0.2) is 12.1 Å². The van der Waals surface area contributed by atoms with Crippen molar-refractivity contribution < 1.29 is 4.79 Å². The molecule has 0 fully saturated rings. The van der Waals surface area contributed by atoms with E-state index >= 15 is 0 Å². The van der Waals surface area contributed by atoms with Gasteiger partial charge in [-0.3, -0.25) is 10.1 Å². The third kappa shape index (κ3) is 2.07. The Bertz CT molecular complexity index is 454. The number of carbonyl (C=O) groups excluding carboxylic acids is 1. The molecule has 0 aromatic heterocycles. The van der Waals surface area contributed by atoms with E-state index in [1.54, 1.807) is 0 Å². The van der Waals surface area contributed by atoms with Gasteiger partial charge in [0.2, 0.25) is 5.91 Å². The van der Waals surface area contributed by atoms with E-state index in [0.717, 1.165) is 23.2 Å². The number of rotatable bonds is 3. The molecular formula is C14H20N2O. The maximum Gasteiger partial charge on any atom is 0.246 e. The lowest BCUT2D eigenvalue weighted by molar-refractivity contribution is -0.117. The molecule has 0 saturated heterocycles. The van der Waals surface area contributed by atoms with Crippen molar-refractivity contribution >= 4 is 11.6 Å². The summed E-state index contributed by atoms with van der Waals surface area (Å²) >= 11 is 0. The topological polar surface area (TPSA) is 41.1 Å². The van der Waals surface area contributed by atoms with Gasteiger partial charge in [-0.1, -0.05) is 19.1 Å². The molecule has 1 aliphatic rings. The van der Waals surface area contributed by atoms with E-state index in [0.29, 0.717) is 6.04 Å². The molecule has 2 unspecified atom stereocenters. The smallest absolute Gasteiger partial charge is 0.246 e. The van der Waals surface area contributed by atoms with Crippen molar-refractivity contribution in [3.8, 4) is 0 Å². The van der Waals surface area contributed by atoms with Crippen LogP contribution in [0.4, 0.5) is 5.69 Å². The Kier molecular flexibility index (Phi) is 3.20. The molecule has 1 aromatic rings. The predicted octanol–water partition coefficient (Wildman–Crippen LogP) is 2.68. The minimum absolute atomic E-state index is 0.0673. The lowest BCUT2D eigenvalue weighted by atomic mass is 9.98. The number of hydrogen-bond donors (Lipinski definition) is 2. The zero-order valence-electron chi connectivity index (χ0n) is 10.9. The lowest BCUT2D eigenvalue weighted by Crippen LogP contribution is -2.34. The summed E-state index contributed by atoms with van der Waals surface area (Å²) in [7, 11) is 0. The summed E-state index contributed by atoms with van der Waals surface area (Å²) in [4.78, 5) is 12.0. The van der Waals surface area contributed by atoms with Gasteiger partial charge in [0.1, 0.15) is 6.04 Å². The second-order valence-corrected chi connectivity index (χ2v) is 4.89. The first-order valence-corrected chi connectivity index (χ1v) is 6.21. The summed E-state index contributed by atoms with van der Waals surface area (Å²) in [5, 5.41) is 6.38. The number of hydrogen-bond acceptors (Lipinski definition) is 2. The molecule has 2 atom stereocenters. The van der Waals surface area contributed by atoms with Crippen LogP contribution < -0.4 is 10.6 Å². The van der Waals surface area contributed by atoms with E-state index in [1.807, 2.05) is 6.92 Å². The van der Waals surface area contributed by atoms with Crippen LogP contribution in [0.2, 0.25) is 0 Å². The largest absolute Gasteiger partial charge is 0.324 e. The Morgan fingerprint density at radius 3 is 2.65 bits per heavy atom. The Morgan fingerprint density at radius 1 is 1.35 bits per heavy atom. The summed E-state index contributed by atoms with van der Waals surface area (Å²) in [6.07, 6.45) is 1.02. The van der Waals surface area contributed by atoms with Crippen molar-refractivity contribution in [2.24, 2.45) is 0 Å². The first-order valence-electron chi connectivity index (χ1n) is 6.21. The van der Waals surface area contributed by atoms with Gasteiger partial charge in [0.15, 0.2) is 0 Å². The molecule has 0 saturated carbocycles. The van der Waals surface area contributed by atoms with Crippen LogP contribution in [0, 0.1) is 13.8 Å². The fourth-order valence-electron chi connectivity index (χ4n) is 2.26. The second-order valence-electron chi connectivity index (χ2n) is 4.89. The number of carbonyl (C=O) groups is 1. The van der Waals surface area contributed by atoms with Gasteiger partial charge in [-0.15, -0.1) is 0 Å². The summed E-state index contributed by atoms with van der Waals surface area (Å²) < 4.78 is 0. The first kappa shape index (κ1) is 12.1. The minimum atomic E-state index is -0.195. The average molecular weight is 232 g/mol. The minimum Gasteiger partial charge on any atom is -0.324 e. The van der Waals surface area contributed by atoms with Crippen LogP contribution >= 0.6 is 0 Å². The first-order chi connectivity index (χ1) is 8.04. The van der Waals surface area contributed by atoms with Crippen molar-refractivity contribution in [3.05, 3.63) is 28.8 Å². The lowest BCUT2D eigenvalue weighted by Gasteiger charge is -2.18. The van der Waals surface area contributed by atoms with Gasteiger partial charge in [-0.05, 0) is 38.3 Å². The van der Waals surface area contributed by atoms with E-state index in [2.05, 4.69) is 43.5 Å². The summed E-state index contributed by atoms with van der Waals surface area (Å²) in [5.74, 6) is 0.0673. The number of amides is 1. The molecule has 0 radical (unpaired) electrons. The van der Waals surface area contributed by atoms with E-state index in [-0.39, 0.29) is 11.9 Å². The van der Waals surface area contributed by atoms with Crippen molar-refractivity contribution in [2.45, 2.75) is 46.2 Å². The van der Waals surface area contributed by atoms with Crippen molar-refractivity contribution in [3.63, 3.8) is 0 Å². The van der Waals surface area contributed by atoms with Crippen LogP contribution in [0.3, 0.4) is 0 Å². The highest BCUT2D eigenvalue weighted by atomic mass is 16.2. The van der Waals surface area contributed by atoms with Crippen LogP contribution in [0.25, 0.3) is 0 Å². The fraction of sp³-hybridized carbons (Fsp3) is 0.500. The SMILES string of the molecule is CCC(C)NC1C(=O)Nc2c(C)ccc(C)c21. The average Bonchev–Trinajstić information content (AvgIpc) is 2.63. The van der Waals surface area contributed by atoms with E-state index < -0.39 is 0 Å². The fourth-order valence-corrected chi connectivity index (χ4v) is 2.26. The monoisotopic (exact) mass is 232 g/mol. The predicted molar refractivity (Wildman–Crippen MR) is 70.2 cm³/mol. The maximum absolute atomic E-state index is 12.0. The molecule has 0 spiro atoms. The van der Waals surface area contributed by atoms with E-state index in [4.69, 9.17) is 0 Å². The van der Waals surface area contributed by atoms with Gasteiger partial charge in [0.05, 0.1) is 0 Å². The van der Waals surface area contributed by atoms with E-state index in [9.17, 15) is 4.79 Å². The number of benzene rings is 1. The third-order valence-corrected chi connectivity index (χ3v) is 3.53. The van der Waals surface area contributed by atoms with Crippen LogP contribution in [0.5, 0.6) is 0 Å². The standard InChI is InChI=1S/C14H20N2O/c1-5-10(4)15-13-11-8(2)6-7-9(3)12(11)16-14(13)17/h6-7,10,13,15H,5H2,1-4H3,(H,16,17). The summed E-state index contributed by atoms with van der Waals surface area (Å²) in [5.41, 5.74) is 4.42. The highest BCUT2D eigenvalue weighted by molar-refractivity contribution is 6.03. The van der Waals surface area contributed by atoms with Gasteiger partial charge in [-0.25, -0.2) is 0 Å². The molecule has 17 heavy (non-hydrogen) atoms. The van der Waals surface area contributed by atoms with Gasteiger partial charge < -0.3 is 5.32 Å². The summed E-state index contributed by atoms with van der Waals surface area (Å²) in [6.45, 7) is 8.32. The van der Waals surface area contributed by atoms with Crippen molar-refractivity contribution in [1.29, 1.82) is 0 Å². The Balaban J connectivity index is 2.39. The van der Waals surface area contributed by atoms with Gasteiger partial charge >= 0.3 is 0 Å². The molecule has 2 rings (SSSR count). The number of fused-ring (bicyclic) bond motifs is 1. The second kappa shape index (κ2) is 4.49. The van der Waals surface area contributed by atoms with Crippen LogP contribution in [-0.4, -0.2) is 11.9 Å². The van der Waals surface area contributed by atoms with Crippen molar-refractivity contribution in [1.82, 2.24) is 5.32 Å². The molecule has 0 aliphatic carbocycles. The zero-order valence-corrected chi connectivity index (χ0v) is 10.9. The Hall–Kier alpha value is -1.35.